The monoisotopic (exact) mass is 482 g/mol. The molecule has 2 unspecified atom stereocenters. The summed E-state index contributed by atoms with van der Waals surface area (Å²) in [7, 11) is -2.23. The smallest absolute Gasteiger partial charge is 0.475 e. The number of alkyl halides is 3. The quantitative estimate of drug-likeness (QED) is 0.544. The lowest BCUT2D eigenvalue weighted by Crippen LogP contribution is -2.27. The van der Waals surface area contributed by atoms with Crippen LogP contribution in [0.5, 0.6) is 0 Å². The number of nitrogens with one attached hydrogen (secondary N) is 2. The molecule has 1 aliphatic rings. The van der Waals surface area contributed by atoms with E-state index in [1.165, 1.54) is 20.1 Å². The molecule has 0 aromatic heterocycles. The Hall–Kier alpha value is -2.67. The fourth-order valence-electron chi connectivity index (χ4n) is 3.02. The van der Waals surface area contributed by atoms with Crippen molar-refractivity contribution in [2.75, 3.05) is 19.0 Å². The van der Waals surface area contributed by atoms with E-state index in [1.54, 1.807) is 26.0 Å². The number of amides is 1. The Kier molecular flexibility index (Phi) is 9.21. The molecule has 1 heterocycles. The van der Waals surface area contributed by atoms with Gasteiger partial charge in [0.15, 0.2) is 9.84 Å². The minimum atomic E-state index is -5.08. The second-order valence-electron chi connectivity index (χ2n) is 7.18. The Labute approximate surface area is 183 Å². The molecule has 13 heteroatoms. The summed E-state index contributed by atoms with van der Waals surface area (Å²) in [6.07, 6.45) is -4.52. The number of carbonyl (C=O) groups excluding carboxylic acids is 2. The van der Waals surface area contributed by atoms with Crippen molar-refractivity contribution < 1.29 is 45.8 Å². The first kappa shape index (κ1) is 27.4. The SMILES string of the molecule is COC(=O)C1CCNC1c1cc(NC(C)=O)ccc1S(=O)(=O)C(C)C.O=C(O)C(F)(F)F. The zero-order chi connectivity index (χ0) is 24.9. The van der Waals surface area contributed by atoms with E-state index < -0.39 is 39.2 Å². The third kappa shape index (κ3) is 6.92. The summed E-state index contributed by atoms with van der Waals surface area (Å²) in [5.74, 6) is -3.87. The predicted octanol–water partition coefficient (Wildman–Crippen LogP) is 2.28. The number of esters is 1. The number of ether oxygens (including phenoxy) is 1. The molecule has 2 atom stereocenters. The number of hydrogen-bond acceptors (Lipinski definition) is 7. The van der Waals surface area contributed by atoms with E-state index in [0.29, 0.717) is 24.2 Å². The Morgan fingerprint density at radius 3 is 2.25 bits per heavy atom. The van der Waals surface area contributed by atoms with Crippen molar-refractivity contribution in [2.24, 2.45) is 5.92 Å². The van der Waals surface area contributed by atoms with E-state index in [-0.39, 0.29) is 16.8 Å². The highest BCUT2D eigenvalue weighted by atomic mass is 32.2. The van der Waals surface area contributed by atoms with Crippen LogP contribution >= 0.6 is 0 Å². The highest BCUT2D eigenvalue weighted by molar-refractivity contribution is 7.92. The maximum atomic E-state index is 12.8. The van der Waals surface area contributed by atoms with Gasteiger partial charge < -0.3 is 20.5 Å². The van der Waals surface area contributed by atoms with Crippen LogP contribution in [0.15, 0.2) is 23.1 Å². The van der Waals surface area contributed by atoms with Crippen molar-refractivity contribution in [3.63, 3.8) is 0 Å². The summed E-state index contributed by atoms with van der Waals surface area (Å²) in [6, 6.07) is 4.19. The summed E-state index contributed by atoms with van der Waals surface area (Å²) in [6.45, 7) is 5.18. The van der Waals surface area contributed by atoms with Gasteiger partial charge in [0, 0.05) is 18.7 Å². The number of hydrogen-bond donors (Lipinski definition) is 3. The predicted molar refractivity (Wildman–Crippen MR) is 108 cm³/mol. The normalized spacial score (nSPS) is 18.5. The molecule has 0 radical (unpaired) electrons. The van der Waals surface area contributed by atoms with Crippen molar-refractivity contribution >= 4 is 33.4 Å². The molecule has 0 spiro atoms. The van der Waals surface area contributed by atoms with Gasteiger partial charge in [0.1, 0.15) is 0 Å². The summed E-state index contributed by atoms with van der Waals surface area (Å²) in [5.41, 5.74) is 0.968. The van der Waals surface area contributed by atoms with Crippen LogP contribution in [0.2, 0.25) is 0 Å². The van der Waals surface area contributed by atoms with E-state index in [2.05, 4.69) is 10.6 Å². The van der Waals surface area contributed by atoms with Gasteiger partial charge in [-0.2, -0.15) is 13.2 Å². The van der Waals surface area contributed by atoms with Crippen LogP contribution in [-0.2, 0) is 29.0 Å². The Morgan fingerprint density at radius 2 is 1.81 bits per heavy atom. The van der Waals surface area contributed by atoms with Gasteiger partial charge in [0.25, 0.3) is 0 Å². The molecule has 1 amide bonds. The molecule has 9 nitrogen and oxygen atoms in total. The number of benzene rings is 1. The third-order valence-corrected chi connectivity index (χ3v) is 6.79. The van der Waals surface area contributed by atoms with Gasteiger partial charge >= 0.3 is 18.1 Å². The number of carboxylic acid groups (broad SMARTS) is 1. The molecule has 0 bridgehead atoms. The summed E-state index contributed by atoms with van der Waals surface area (Å²) in [4.78, 5) is 32.5. The first-order valence-electron chi connectivity index (χ1n) is 9.39. The average molecular weight is 482 g/mol. The second-order valence-corrected chi connectivity index (χ2v) is 9.65. The van der Waals surface area contributed by atoms with Gasteiger partial charge in [-0.1, -0.05) is 0 Å². The first-order valence-corrected chi connectivity index (χ1v) is 10.9. The number of aliphatic carboxylic acids is 1. The van der Waals surface area contributed by atoms with Crippen LogP contribution in [0.3, 0.4) is 0 Å². The Morgan fingerprint density at radius 1 is 1.25 bits per heavy atom. The van der Waals surface area contributed by atoms with Gasteiger partial charge in [-0.25, -0.2) is 13.2 Å². The molecule has 180 valence electrons. The molecule has 1 aliphatic heterocycles. The second kappa shape index (κ2) is 10.8. The number of anilines is 1. The maximum Gasteiger partial charge on any atom is 0.490 e. The zero-order valence-electron chi connectivity index (χ0n) is 17.8. The van der Waals surface area contributed by atoms with Crippen molar-refractivity contribution in [2.45, 2.75) is 49.6 Å². The number of carboxylic acids is 1. The Bertz CT molecular complexity index is 962. The van der Waals surface area contributed by atoms with Crippen molar-refractivity contribution in [1.29, 1.82) is 0 Å². The number of halogens is 3. The van der Waals surface area contributed by atoms with Crippen molar-refractivity contribution in [3.05, 3.63) is 23.8 Å². The fourth-order valence-corrected chi connectivity index (χ4v) is 4.30. The molecule has 0 aliphatic carbocycles. The lowest BCUT2D eigenvalue weighted by Gasteiger charge is -2.23. The first-order chi connectivity index (χ1) is 14.6. The van der Waals surface area contributed by atoms with Crippen LogP contribution < -0.4 is 10.6 Å². The van der Waals surface area contributed by atoms with Crippen LogP contribution in [-0.4, -0.2) is 56.5 Å². The lowest BCUT2D eigenvalue weighted by molar-refractivity contribution is -0.192. The van der Waals surface area contributed by atoms with Crippen LogP contribution in [0.1, 0.15) is 38.8 Å². The highest BCUT2D eigenvalue weighted by Gasteiger charge is 2.39. The maximum absolute atomic E-state index is 12.8. The van der Waals surface area contributed by atoms with E-state index in [1.807, 2.05) is 0 Å². The van der Waals surface area contributed by atoms with E-state index in [9.17, 15) is 31.2 Å². The molecule has 32 heavy (non-hydrogen) atoms. The molecular weight excluding hydrogens is 457 g/mol. The zero-order valence-corrected chi connectivity index (χ0v) is 18.6. The minimum Gasteiger partial charge on any atom is -0.475 e. The van der Waals surface area contributed by atoms with E-state index in [0.717, 1.165) is 0 Å². The number of sulfone groups is 1. The van der Waals surface area contributed by atoms with E-state index >= 15 is 0 Å². The van der Waals surface area contributed by atoms with Crippen molar-refractivity contribution in [3.8, 4) is 0 Å². The van der Waals surface area contributed by atoms with Gasteiger partial charge in [0.05, 0.1) is 23.2 Å². The standard InChI is InChI=1S/C17H24N2O5S.C2HF3O2/c1-10(2)25(22,23)15-6-5-12(19-11(3)20)9-14(15)16-13(7-8-18-16)17(21)24-4;3-2(4,5)1(6)7/h5-6,9-10,13,16,18H,7-8H2,1-4H3,(H,19,20);(H,6,7). The molecule has 0 saturated carbocycles. The van der Waals surface area contributed by atoms with Crippen LogP contribution in [0.25, 0.3) is 0 Å². The fraction of sp³-hybridized carbons (Fsp3) is 0.526. The topological polar surface area (TPSA) is 139 Å². The average Bonchev–Trinajstić information content (AvgIpc) is 3.16. The molecule has 2 rings (SSSR count). The summed E-state index contributed by atoms with van der Waals surface area (Å²) in [5, 5.41) is 12.4. The molecule has 1 aromatic rings. The van der Waals surface area contributed by atoms with Gasteiger partial charge in [-0.15, -0.1) is 0 Å². The molecule has 1 aromatic carbocycles. The van der Waals surface area contributed by atoms with Gasteiger partial charge in [-0.3, -0.25) is 9.59 Å². The highest BCUT2D eigenvalue weighted by Crippen LogP contribution is 2.36. The van der Waals surface area contributed by atoms with Crippen LogP contribution in [0.4, 0.5) is 18.9 Å². The van der Waals surface area contributed by atoms with Crippen molar-refractivity contribution in [1.82, 2.24) is 5.32 Å². The largest absolute Gasteiger partial charge is 0.490 e. The van der Waals surface area contributed by atoms with Gasteiger partial charge in [-0.05, 0) is 50.6 Å². The Balaban J connectivity index is 0.000000633. The van der Waals surface area contributed by atoms with Gasteiger partial charge in [0.2, 0.25) is 5.91 Å². The van der Waals surface area contributed by atoms with E-state index in [4.69, 9.17) is 14.6 Å². The minimum absolute atomic E-state index is 0.171. The summed E-state index contributed by atoms with van der Waals surface area (Å²) >= 11 is 0. The number of methoxy groups -OCH3 is 1. The summed E-state index contributed by atoms with van der Waals surface area (Å²) < 4.78 is 62.1. The third-order valence-electron chi connectivity index (χ3n) is 4.56. The molecular formula is C19H25F3N2O7S. The number of carbonyl (C=O) groups is 3. The molecule has 1 fully saturated rings. The molecule has 1 saturated heterocycles. The molecule has 3 N–H and O–H groups in total. The van der Waals surface area contributed by atoms with Crippen LogP contribution in [0, 0.1) is 5.92 Å². The number of rotatable bonds is 5. The lowest BCUT2D eigenvalue weighted by atomic mass is 9.94.